The third kappa shape index (κ3) is 3.96. The summed E-state index contributed by atoms with van der Waals surface area (Å²) < 4.78 is 48.5. The highest BCUT2D eigenvalue weighted by atomic mass is 35.5. The van der Waals surface area contributed by atoms with Crippen molar-refractivity contribution in [1.82, 2.24) is 14.5 Å². The molecular formula is C24H19ClF3N5O. The summed E-state index contributed by atoms with van der Waals surface area (Å²) in [6.45, 7) is 2.44. The lowest BCUT2D eigenvalue weighted by molar-refractivity contribution is 0.374. The predicted molar refractivity (Wildman–Crippen MR) is 124 cm³/mol. The van der Waals surface area contributed by atoms with E-state index in [-0.39, 0.29) is 12.1 Å². The van der Waals surface area contributed by atoms with Gasteiger partial charge in [0.1, 0.15) is 11.5 Å². The molecule has 0 radical (unpaired) electrons. The summed E-state index contributed by atoms with van der Waals surface area (Å²) in [5.74, 6) is -2.82. The number of amidine groups is 1. The number of imidazole rings is 1. The minimum absolute atomic E-state index is 0.235. The van der Waals surface area contributed by atoms with Crippen LogP contribution in [0.15, 0.2) is 63.9 Å². The Kier molecular flexibility index (Phi) is 5.65. The number of aromatic nitrogens is 2. The summed E-state index contributed by atoms with van der Waals surface area (Å²) in [5.41, 5.74) is 3.09. The van der Waals surface area contributed by atoms with E-state index in [0.717, 1.165) is 23.5 Å². The van der Waals surface area contributed by atoms with Crippen LogP contribution in [0.25, 0.3) is 5.69 Å². The fourth-order valence-corrected chi connectivity index (χ4v) is 4.35. The molecule has 34 heavy (non-hydrogen) atoms. The highest BCUT2D eigenvalue weighted by molar-refractivity contribution is 6.49. The van der Waals surface area contributed by atoms with E-state index in [1.54, 1.807) is 25.6 Å². The summed E-state index contributed by atoms with van der Waals surface area (Å²) in [7, 11) is 1.57. The van der Waals surface area contributed by atoms with Crippen LogP contribution >= 0.6 is 11.6 Å². The van der Waals surface area contributed by atoms with Crippen LogP contribution in [0.5, 0.6) is 5.75 Å². The van der Waals surface area contributed by atoms with Crippen molar-refractivity contribution >= 4 is 28.8 Å². The van der Waals surface area contributed by atoms with Crippen molar-refractivity contribution in [3.63, 3.8) is 0 Å². The Balaban J connectivity index is 1.48. The Hall–Kier alpha value is -3.59. The normalized spacial score (nSPS) is 18.7. The molecule has 3 aromatic rings. The Morgan fingerprint density at radius 2 is 1.91 bits per heavy atom. The summed E-state index contributed by atoms with van der Waals surface area (Å²) in [6, 6.07) is 6.98. The molecule has 0 aliphatic carbocycles. The first-order valence-electron chi connectivity index (χ1n) is 10.4. The summed E-state index contributed by atoms with van der Waals surface area (Å²) in [5, 5.41) is 0.491. The van der Waals surface area contributed by atoms with Crippen LogP contribution in [-0.4, -0.2) is 46.2 Å². The molecule has 1 unspecified atom stereocenters. The molecule has 10 heteroatoms. The van der Waals surface area contributed by atoms with Gasteiger partial charge < -0.3 is 14.2 Å². The fraction of sp³-hybridized carbons (Fsp3) is 0.208. The maximum atomic E-state index is 13.8. The Labute approximate surface area is 198 Å². The van der Waals surface area contributed by atoms with Gasteiger partial charge >= 0.3 is 0 Å². The highest BCUT2D eigenvalue weighted by Gasteiger charge is 2.35. The molecule has 0 saturated heterocycles. The summed E-state index contributed by atoms with van der Waals surface area (Å²) in [6.07, 6.45) is 5.30. The maximum absolute atomic E-state index is 13.8. The maximum Gasteiger partial charge on any atom is 0.194 e. The number of methoxy groups -OCH3 is 1. The summed E-state index contributed by atoms with van der Waals surface area (Å²) in [4.78, 5) is 15.3. The number of halogens is 4. The quantitative estimate of drug-likeness (QED) is 0.473. The third-order valence-corrected chi connectivity index (χ3v) is 5.93. The molecule has 0 fully saturated rings. The number of aryl methyl sites for hydroxylation is 1. The van der Waals surface area contributed by atoms with Gasteiger partial charge in [0, 0.05) is 17.3 Å². The standard InChI is InChI=1S/C24H19ClF3N5O/c1-13-10-32(12-30-13)20-4-3-16(8-22(20)34-2)31-19-7-15(25)11-33-21(9-29-24(19)33)14-5-17(26)23(28)18(27)6-14/h3-8,10,12,21H,9,11H2,1-2H3. The molecule has 0 spiro atoms. The molecule has 174 valence electrons. The van der Waals surface area contributed by atoms with Crippen molar-refractivity contribution in [2.75, 3.05) is 20.2 Å². The van der Waals surface area contributed by atoms with E-state index in [0.29, 0.717) is 34.6 Å². The molecule has 1 aromatic heterocycles. The molecule has 1 atom stereocenters. The van der Waals surface area contributed by atoms with E-state index in [2.05, 4.69) is 9.98 Å². The second-order valence-electron chi connectivity index (χ2n) is 7.97. The van der Waals surface area contributed by atoms with Crippen LogP contribution < -0.4 is 4.74 Å². The van der Waals surface area contributed by atoms with Crippen LogP contribution in [0.2, 0.25) is 0 Å². The molecule has 2 aliphatic rings. The lowest BCUT2D eigenvalue weighted by atomic mass is 10.0. The molecular weight excluding hydrogens is 467 g/mol. The largest absolute Gasteiger partial charge is 0.494 e. The lowest BCUT2D eigenvalue weighted by Gasteiger charge is -2.31. The average Bonchev–Trinajstić information content (AvgIpc) is 3.43. The molecule has 2 aromatic carbocycles. The van der Waals surface area contributed by atoms with Crippen molar-refractivity contribution in [2.24, 2.45) is 9.98 Å². The topological polar surface area (TPSA) is 55.0 Å². The minimum Gasteiger partial charge on any atom is -0.494 e. The number of hydrogen-bond acceptors (Lipinski definition) is 5. The second-order valence-corrected chi connectivity index (χ2v) is 8.46. The van der Waals surface area contributed by atoms with Crippen molar-refractivity contribution < 1.29 is 17.9 Å². The van der Waals surface area contributed by atoms with E-state index in [1.165, 1.54) is 0 Å². The number of hydrogen-bond donors (Lipinski definition) is 0. The van der Waals surface area contributed by atoms with Gasteiger partial charge in [-0.3, -0.25) is 4.99 Å². The fourth-order valence-electron chi connectivity index (χ4n) is 4.12. The van der Waals surface area contributed by atoms with Crippen LogP contribution in [0, 0.1) is 24.4 Å². The van der Waals surface area contributed by atoms with Gasteiger partial charge in [-0.1, -0.05) is 11.6 Å². The smallest absolute Gasteiger partial charge is 0.194 e. The van der Waals surface area contributed by atoms with Crippen molar-refractivity contribution in [3.8, 4) is 11.4 Å². The van der Waals surface area contributed by atoms with Crippen LogP contribution in [-0.2, 0) is 0 Å². The predicted octanol–water partition coefficient (Wildman–Crippen LogP) is 5.27. The van der Waals surface area contributed by atoms with Gasteiger partial charge in [-0.25, -0.2) is 23.1 Å². The van der Waals surface area contributed by atoms with Crippen LogP contribution in [0.4, 0.5) is 18.9 Å². The second kappa shape index (κ2) is 8.64. The van der Waals surface area contributed by atoms with E-state index in [1.807, 2.05) is 34.7 Å². The number of benzene rings is 2. The first kappa shape index (κ1) is 22.2. The molecule has 3 heterocycles. The Morgan fingerprint density at radius 3 is 2.59 bits per heavy atom. The molecule has 0 saturated carbocycles. The molecule has 0 N–H and O–H groups in total. The van der Waals surface area contributed by atoms with Crippen molar-refractivity contribution in [1.29, 1.82) is 0 Å². The van der Waals surface area contributed by atoms with Crippen LogP contribution in [0.3, 0.4) is 0 Å². The zero-order valence-corrected chi connectivity index (χ0v) is 19.0. The van der Waals surface area contributed by atoms with E-state index >= 15 is 0 Å². The number of aliphatic imine (C=N–C) groups is 2. The van der Waals surface area contributed by atoms with Crippen molar-refractivity contribution in [2.45, 2.75) is 13.0 Å². The lowest BCUT2D eigenvalue weighted by Crippen LogP contribution is -2.39. The molecule has 5 rings (SSSR count). The number of ether oxygens (including phenoxy) is 1. The minimum atomic E-state index is -1.50. The molecule has 0 bridgehead atoms. The Morgan fingerprint density at radius 1 is 1.15 bits per heavy atom. The number of rotatable bonds is 4. The zero-order chi connectivity index (χ0) is 24.0. The molecule has 6 nitrogen and oxygen atoms in total. The van der Waals surface area contributed by atoms with Gasteiger partial charge in [-0.15, -0.1) is 0 Å². The van der Waals surface area contributed by atoms with Gasteiger partial charge in [-0.05, 0) is 42.8 Å². The molecule has 0 amide bonds. The Bertz CT molecular complexity index is 1360. The first-order chi connectivity index (χ1) is 16.3. The monoisotopic (exact) mass is 485 g/mol. The van der Waals surface area contributed by atoms with Gasteiger partial charge in [-0.2, -0.15) is 0 Å². The number of fused-ring (bicyclic) bond motifs is 1. The zero-order valence-electron chi connectivity index (χ0n) is 18.3. The van der Waals surface area contributed by atoms with Gasteiger partial charge in [0.25, 0.3) is 0 Å². The van der Waals surface area contributed by atoms with E-state index in [9.17, 15) is 13.2 Å². The van der Waals surface area contributed by atoms with Gasteiger partial charge in [0.05, 0.1) is 49.6 Å². The van der Waals surface area contributed by atoms with Crippen molar-refractivity contribution in [3.05, 3.63) is 82.7 Å². The van der Waals surface area contributed by atoms with E-state index in [4.69, 9.17) is 21.3 Å². The third-order valence-electron chi connectivity index (χ3n) is 5.70. The highest BCUT2D eigenvalue weighted by Crippen LogP contribution is 2.34. The SMILES string of the molecule is COc1cc(N=C2C=C(Cl)CN3C2=NCC3c2cc(F)c(F)c(F)c2)ccc1-n1cnc(C)c1. The van der Waals surface area contributed by atoms with Gasteiger partial charge in [0.2, 0.25) is 0 Å². The van der Waals surface area contributed by atoms with Gasteiger partial charge in [0.15, 0.2) is 23.3 Å². The van der Waals surface area contributed by atoms with E-state index < -0.39 is 23.5 Å². The molecule has 2 aliphatic heterocycles. The first-order valence-corrected chi connectivity index (χ1v) is 10.8. The summed E-state index contributed by atoms with van der Waals surface area (Å²) >= 11 is 6.39. The van der Waals surface area contributed by atoms with Crippen LogP contribution in [0.1, 0.15) is 17.3 Å². The average molecular weight is 486 g/mol. The number of nitrogens with zero attached hydrogens (tertiary/aromatic N) is 5.